The van der Waals surface area contributed by atoms with Crippen LogP contribution >= 0.6 is 0 Å². The number of piperazine rings is 1. The summed E-state index contributed by atoms with van der Waals surface area (Å²) in [7, 11) is 0. The van der Waals surface area contributed by atoms with Gasteiger partial charge < -0.3 is 5.32 Å². The van der Waals surface area contributed by atoms with Crippen LogP contribution in [0.1, 0.15) is 53.4 Å². The van der Waals surface area contributed by atoms with Crippen molar-refractivity contribution in [2.45, 2.75) is 70.5 Å². The summed E-state index contributed by atoms with van der Waals surface area (Å²) in [4.78, 5) is 2.73. The molecule has 0 unspecified atom stereocenters. The van der Waals surface area contributed by atoms with Crippen molar-refractivity contribution in [1.29, 1.82) is 0 Å². The van der Waals surface area contributed by atoms with E-state index in [2.05, 4.69) is 37.9 Å². The SMILES string of the molecule is CC1(C)CN(C2CCCC2)CC(C)(C)N1. The topological polar surface area (TPSA) is 15.3 Å². The smallest absolute Gasteiger partial charge is 0.0257 e. The van der Waals surface area contributed by atoms with Crippen LogP contribution in [0.5, 0.6) is 0 Å². The van der Waals surface area contributed by atoms with E-state index in [4.69, 9.17) is 0 Å². The van der Waals surface area contributed by atoms with Gasteiger partial charge in [-0.05, 0) is 40.5 Å². The van der Waals surface area contributed by atoms with Gasteiger partial charge in [0.2, 0.25) is 0 Å². The molecular weight excluding hydrogens is 184 g/mol. The Morgan fingerprint density at radius 1 is 0.933 bits per heavy atom. The van der Waals surface area contributed by atoms with Crippen molar-refractivity contribution >= 4 is 0 Å². The molecule has 1 heterocycles. The molecular formula is C13H26N2. The Morgan fingerprint density at radius 3 is 1.87 bits per heavy atom. The molecule has 2 nitrogen and oxygen atoms in total. The van der Waals surface area contributed by atoms with Gasteiger partial charge in [0, 0.05) is 30.2 Å². The molecule has 1 aliphatic carbocycles. The molecule has 2 fully saturated rings. The van der Waals surface area contributed by atoms with Gasteiger partial charge >= 0.3 is 0 Å². The highest BCUT2D eigenvalue weighted by molar-refractivity contribution is 4.99. The minimum atomic E-state index is 0.268. The second kappa shape index (κ2) is 3.74. The van der Waals surface area contributed by atoms with Crippen LogP contribution in [0, 0.1) is 0 Å². The lowest BCUT2D eigenvalue weighted by Gasteiger charge is -2.50. The van der Waals surface area contributed by atoms with Gasteiger partial charge in [-0.1, -0.05) is 12.8 Å². The first-order valence-electron chi connectivity index (χ1n) is 6.41. The van der Waals surface area contributed by atoms with Gasteiger partial charge in [-0.15, -0.1) is 0 Å². The largest absolute Gasteiger partial charge is 0.304 e. The number of hydrogen-bond acceptors (Lipinski definition) is 2. The molecule has 1 saturated carbocycles. The van der Waals surface area contributed by atoms with Crippen LogP contribution in [-0.4, -0.2) is 35.1 Å². The number of hydrogen-bond donors (Lipinski definition) is 1. The summed E-state index contributed by atoms with van der Waals surface area (Å²) >= 11 is 0. The summed E-state index contributed by atoms with van der Waals surface area (Å²) in [5, 5.41) is 3.74. The van der Waals surface area contributed by atoms with Gasteiger partial charge in [0.25, 0.3) is 0 Å². The van der Waals surface area contributed by atoms with E-state index in [1.807, 2.05) is 0 Å². The van der Waals surface area contributed by atoms with E-state index in [9.17, 15) is 0 Å². The molecule has 0 bridgehead atoms. The highest BCUT2D eigenvalue weighted by Gasteiger charge is 2.39. The quantitative estimate of drug-likeness (QED) is 0.715. The molecule has 0 aromatic carbocycles. The molecule has 0 spiro atoms. The third-order valence-electron chi connectivity index (χ3n) is 3.71. The van der Waals surface area contributed by atoms with E-state index >= 15 is 0 Å². The van der Waals surface area contributed by atoms with Gasteiger partial charge in [-0.2, -0.15) is 0 Å². The summed E-state index contributed by atoms with van der Waals surface area (Å²) < 4.78 is 0. The molecule has 1 aliphatic heterocycles. The fraction of sp³-hybridized carbons (Fsp3) is 1.00. The van der Waals surface area contributed by atoms with Crippen LogP contribution in [0.4, 0.5) is 0 Å². The lowest BCUT2D eigenvalue weighted by molar-refractivity contribution is 0.0477. The maximum Gasteiger partial charge on any atom is 0.0257 e. The summed E-state index contributed by atoms with van der Waals surface area (Å²) in [5.41, 5.74) is 0.536. The van der Waals surface area contributed by atoms with Gasteiger partial charge in [0.05, 0.1) is 0 Å². The lowest BCUT2D eigenvalue weighted by Crippen LogP contribution is -2.67. The summed E-state index contributed by atoms with van der Waals surface area (Å²) in [5.74, 6) is 0. The number of nitrogens with zero attached hydrogens (tertiary/aromatic N) is 1. The average Bonchev–Trinajstić information content (AvgIpc) is 2.48. The van der Waals surface area contributed by atoms with Gasteiger partial charge in [-0.3, -0.25) is 4.90 Å². The van der Waals surface area contributed by atoms with Crippen molar-refractivity contribution in [1.82, 2.24) is 10.2 Å². The highest BCUT2D eigenvalue weighted by atomic mass is 15.3. The van der Waals surface area contributed by atoms with Crippen molar-refractivity contribution in [3.05, 3.63) is 0 Å². The van der Waals surface area contributed by atoms with E-state index in [1.54, 1.807) is 0 Å². The predicted molar refractivity (Wildman–Crippen MR) is 65.1 cm³/mol. The second-order valence-electron chi connectivity index (χ2n) is 6.74. The summed E-state index contributed by atoms with van der Waals surface area (Å²) in [6.45, 7) is 11.7. The van der Waals surface area contributed by atoms with E-state index in [0.29, 0.717) is 0 Å². The molecule has 1 saturated heterocycles. The van der Waals surface area contributed by atoms with Crippen LogP contribution in [0.3, 0.4) is 0 Å². The Bertz CT molecular complexity index is 211. The minimum Gasteiger partial charge on any atom is -0.304 e. The predicted octanol–water partition coefficient (Wildman–Crippen LogP) is 2.39. The van der Waals surface area contributed by atoms with Crippen LogP contribution in [0.2, 0.25) is 0 Å². The normalized spacial score (nSPS) is 32.0. The maximum atomic E-state index is 3.74. The summed E-state index contributed by atoms with van der Waals surface area (Å²) in [6, 6.07) is 0.866. The zero-order valence-corrected chi connectivity index (χ0v) is 10.8. The molecule has 0 aromatic heterocycles. The van der Waals surface area contributed by atoms with Crippen LogP contribution in [0.25, 0.3) is 0 Å². The second-order valence-corrected chi connectivity index (χ2v) is 6.74. The minimum absolute atomic E-state index is 0.268. The molecule has 2 rings (SSSR count). The van der Waals surface area contributed by atoms with Crippen molar-refractivity contribution in [3.63, 3.8) is 0 Å². The van der Waals surface area contributed by atoms with Gasteiger partial charge in [0.15, 0.2) is 0 Å². The first-order valence-corrected chi connectivity index (χ1v) is 6.41. The molecule has 2 aliphatic rings. The van der Waals surface area contributed by atoms with Crippen molar-refractivity contribution in [2.75, 3.05) is 13.1 Å². The van der Waals surface area contributed by atoms with E-state index in [1.165, 1.54) is 38.8 Å². The zero-order valence-electron chi connectivity index (χ0n) is 10.8. The van der Waals surface area contributed by atoms with Crippen LogP contribution in [-0.2, 0) is 0 Å². The van der Waals surface area contributed by atoms with Gasteiger partial charge in [-0.25, -0.2) is 0 Å². The van der Waals surface area contributed by atoms with Crippen LogP contribution < -0.4 is 5.32 Å². The van der Waals surface area contributed by atoms with Crippen molar-refractivity contribution in [3.8, 4) is 0 Å². The summed E-state index contributed by atoms with van der Waals surface area (Å²) in [6.07, 6.45) is 5.73. The molecule has 88 valence electrons. The van der Waals surface area contributed by atoms with E-state index in [0.717, 1.165) is 6.04 Å². The van der Waals surface area contributed by atoms with Crippen molar-refractivity contribution in [2.24, 2.45) is 0 Å². The molecule has 0 radical (unpaired) electrons. The van der Waals surface area contributed by atoms with Crippen LogP contribution in [0.15, 0.2) is 0 Å². The van der Waals surface area contributed by atoms with E-state index in [-0.39, 0.29) is 11.1 Å². The fourth-order valence-corrected chi connectivity index (χ4v) is 3.59. The standard InChI is InChI=1S/C13H26N2/c1-12(2)9-15(10-13(3,4)14-12)11-7-5-6-8-11/h11,14H,5-10H2,1-4H3. The Balaban J connectivity index is 2.05. The lowest BCUT2D eigenvalue weighted by atomic mass is 9.90. The molecule has 0 aromatic rings. The third kappa shape index (κ3) is 2.73. The monoisotopic (exact) mass is 210 g/mol. The number of rotatable bonds is 1. The molecule has 0 atom stereocenters. The highest BCUT2D eigenvalue weighted by Crippen LogP contribution is 2.29. The molecule has 2 heteroatoms. The fourth-order valence-electron chi connectivity index (χ4n) is 3.59. The molecule has 15 heavy (non-hydrogen) atoms. The molecule has 0 amide bonds. The van der Waals surface area contributed by atoms with Crippen molar-refractivity contribution < 1.29 is 0 Å². The zero-order chi connectivity index (χ0) is 11.1. The Kier molecular flexibility index (Phi) is 2.85. The molecule has 1 N–H and O–H groups in total. The average molecular weight is 210 g/mol. The Hall–Kier alpha value is -0.0800. The first-order chi connectivity index (χ1) is 6.88. The maximum absolute atomic E-state index is 3.74. The Morgan fingerprint density at radius 2 is 1.40 bits per heavy atom. The third-order valence-corrected chi connectivity index (χ3v) is 3.71. The van der Waals surface area contributed by atoms with Gasteiger partial charge in [0.1, 0.15) is 0 Å². The Labute approximate surface area is 94.4 Å². The first kappa shape index (κ1) is 11.4. The van der Waals surface area contributed by atoms with E-state index < -0.39 is 0 Å². The number of nitrogens with one attached hydrogen (secondary N) is 1.